The van der Waals surface area contributed by atoms with Crippen LogP contribution in [0.1, 0.15) is 0 Å². The molecule has 0 spiro atoms. The topological polar surface area (TPSA) is 93.6 Å². The number of hydrogen-bond acceptors (Lipinski definition) is 5. The number of aromatic nitrogens is 1. The predicted molar refractivity (Wildman–Crippen MR) is 124 cm³/mol. The number of fused-ring (bicyclic) bond motifs is 1. The first-order valence-electron chi connectivity index (χ1n) is 9.57. The van der Waals surface area contributed by atoms with E-state index < -0.39 is 0 Å². The summed E-state index contributed by atoms with van der Waals surface area (Å²) in [6.07, 6.45) is 0. The van der Waals surface area contributed by atoms with Crippen LogP contribution >= 0.6 is 11.3 Å². The van der Waals surface area contributed by atoms with E-state index in [0.29, 0.717) is 26.9 Å². The summed E-state index contributed by atoms with van der Waals surface area (Å²) in [6, 6.07) is 21.0. The van der Waals surface area contributed by atoms with Crippen LogP contribution < -0.4 is 5.56 Å². The Kier molecular flexibility index (Phi) is 4.49. The van der Waals surface area contributed by atoms with E-state index in [9.17, 15) is 20.1 Å². The van der Waals surface area contributed by atoms with Crippen LogP contribution in [-0.4, -0.2) is 20.3 Å². The van der Waals surface area contributed by atoms with Gasteiger partial charge in [-0.05, 0) is 41.0 Å². The van der Waals surface area contributed by atoms with Crippen LogP contribution in [0.15, 0.2) is 83.0 Å². The summed E-state index contributed by atoms with van der Waals surface area (Å²) in [5, 5.41) is 33.6. The van der Waals surface area contributed by atoms with E-state index in [1.165, 1.54) is 11.3 Å². The third-order valence-corrected chi connectivity index (χ3v) is 6.17. The van der Waals surface area contributed by atoms with Gasteiger partial charge in [0.2, 0.25) is 0 Å². The van der Waals surface area contributed by atoms with Crippen molar-refractivity contribution in [2.24, 2.45) is 0 Å². The van der Waals surface area contributed by atoms with Gasteiger partial charge in [-0.1, -0.05) is 48.5 Å². The van der Waals surface area contributed by atoms with Crippen molar-refractivity contribution in [2.45, 2.75) is 0 Å². The molecular formula is C25H17NO4S. The molecule has 4 N–H and O–H groups in total. The minimum absolute atomic E-state index is 0.0529. The molecule has 2 aromatic heterocycles. The lowest BCUT2D eigenvalue weighted by molar-refractivity contribution is 0.475. The largest absolute Gasteiger partial charge is 0.508 e. The fourth-order valence-electron chi connectivity index (χ4n) is 3.75. The highest BCUT2D eigenvalue weighted by Gasteiger charge is 2.20. The normalized spacial score (nSPS) is 11.1. The summed E-state index contributed by atoms with van der Waals surface area (Å²) >= 11 is 1.30. The molecule has 2 heterocycles. The van der Waals surface area contributed by atoms with Gasteiger partial charge in [-0.25, -0.2) is 0 Å². The lowest BCUT2D eigenvalue weighted by Gasteiger charge is -2.10. The first kappa shape index (κ1) is 19.0. The molecule has 5 aromatic rings. The smallest absolute Gasteiger partial charge is 0.260 e. The van der Waals surface area contributed by atoms with Gasteiger partial charge in [0.05, 0.1) is 10.9 Å². The molecule has 5 rings (SSSR count). The van der Waals surface area contributed by atoms with Crippen molar-refractivity contribution in [3.8, 4) is 50.6 Å². The quantitative estimate of drug-likeness (QED) is 0.297. The zero-order chi connectivity index (χ0) is 21.5. The molecule has 3 aromatic carbocycles. The molecule has 152 valence electrons. The minimum atomic E-state index is -0.364. The van der Waals surface area contributed by atoms with Gasteiger partial charge in [-0.3, -0.25) is 4.79 Å². The maximum Gasteiger partial charge on any atom is 0.260 e. The van der Waals surface area contributed by atoms with Gasteiger partial charge < -0.3 is 20.3 Å². The molecule has 31 heavy (non-hydrogen) atoms. The van der Waals surface area contributed by atoms with Crippen LogP contribution in [-0.2, 0) is 0 Å². The summed E-state index contributed by atoms with van der Waals surface area (Å²) in [4.78, 5) is 16.0. The van der Waals surface area contributed by atoms with Crippen LogP contribution in [0, 0.1) is 0 Å². The fourth-order valence-corrected chi connectivity index (χ4v) is 4.70. The number of thiophene rings is 1. The van der Waals surface area contributed by atoms with Crippen LogP contribution in [0.3, 0.4) is 0 Å². The second kappa shape index (κ2) is 7.34. The molecule has 0 saturated heterocycles. The van der Waals surface area contributed by atoms with E-state index >= 15 is 0 Å². The highest BCUT2D eigenvalue weighted by molar-refractivity contribution is 7.17. The molecule has 0 amide bonds. The number of benzene rings is 3. The monoisotopic (exact) mass is 427 g/mol. The van der Waals surface area contributed by atoms with E-state index in [0.717, 1.165) is 11.1 Å². The number of aromatic amines is 1. The third kappa shape index (κ3) is 3.23. The van der Waals surface area contributed by atoms with Crippen LogP contribution in [0.5, 0.6) is 17.2 Å². The Morgan fingerprint density at radius 1 is 0.742 bits per heavy atom. The molecule has 0 aliphatic rings. The highest BCUT2D eigenvalue weighted by atomic mass is 32.1. The number of phenolic OH excluding ortho intramolecular Hbond substituents is 2. The summed E-state index contributed by atoms with van der Waals surface area (Å²) in [6.45, 7) is 0. The maximum atomic E-state index is 12.6. The van der Waals surface area contributed by atoms with Gasteiger partial charge in [0.1, 0.15) is 22.1 Å². The highest BCUT2D eigenvalue weighted by Crippen LogP contribution is 2.44. The molecule has 0 atom stereocenters. The van der Waals surface area contributed by atoms with Crippen molar-refractivity contribution < 1.29 is 15.3 Å². The van der Waals surface area contributed by atoms with E-state index in [2.05, 4.69) is 4.98 Å². The number of hydrogen-bond donors (Lipinski definition) is 4. The lowest BCUT2D eigenvalue weighted by atomic mass is 9.97. The van der Waals surface area contributed by atoms with Crippen molar-refractivity contribution in [3.05, 3.63) is 88.5 Å². The second-order valence-electron chi connectivity index (χ2n) is 7.18. The van der Waals surface area contributed by atoms with Crippen molar-refractivity contribution >= 4 is 21.6 Å². The minimum Gasteiger partial charge on any atom is -0.508 e. The molecule has 0 bridgehead atoms. The number of H-pyrrole nitrogens is 1. The number of nitrogens with one attached hydrogen (secondary N) is 1. The number of aromatic hydroxyl groups is 3. The molecule has 0 unspecified atom stereocenters. The van der Waals surface area contributed by atoms with Gasteiger partial charge in [-0.15, -0.1) is 11.3 Å². The molecule has 0 saturated carbocycles. The Morgan fingerprint density at radius 3 is 2.16 bits per heavy atom. The van der Waals surface area contributed by atoms with Crippen molar-refractivity contribution in [3.63, 3.8) is 0 Å². The van der Waals surface area contributed by atoms with Gasteiger partial charge >= 0.3 is 0 Å². The van der Waals surface area contributed by atoms with E-state index in [4.69, 9.17) is 0 Å². The molecule has 0 aliphatic heterocycles. The molecule has 0 fully saturated rings. The molecule has 0 aliphatic carbocycles. The van der Waals surface area contributed by atoms with Crippen LogP contribution in [0.4, 0.5) is 0 Å². The van der Waals surface area contributed by atoms with Crippen molar-refractivity contribution in [1.82, 2.24) is 4.98 Å². The maximum absolute atomic E-state index is 12.6. The van der Waals surface area contributed by atoms with Crippen molar-refractivity contribution in [2.75, 3.05) is 0 Å². The first-order valence-corrected chi connectivity index (χ1v) is 10.5. The predicted octanol–water partition coefficient (Wildman–Crippen LogP) is 5.71. The third-order valence-electron chi connectivity index (χ3n) is 5.27. The zero-order valence-electron chi connectivity index (χ0n) is 16.2. The first-order chi connectivity index (χ1) is 15.0. The Hall–Kier alpha value is -4.03. The van der Waals surface area contributed by atoms with Gasteiger partial charge in [0.25, 0.3) is 5.56 Å². The molecule has 5 nitrogen and oxygen atoms in total. The summed E-state index contributed by atoms with van der Waals surface area (Å²) in [5.41, 5.74) is 3.30. The molecular weight excluding hydrogens is 410 g/mol. The Balaban J connectivity index is 1.67. The Bertz CT molecular complexity index is 1470. The molecule has 0 radical (unpaired) electrons. The van der Waals surface area contributed by atoms with Crippen molar-refractivity contribution in [1.29, 1.82) is 0 Å². The lowest BCUT2D eigenvalue weighted by Crippen LogP contribution is -2.08. The average Bonchev–Trinajstić information content (AvgIpc) is 3.18. The van der Waals surface area contributed by atoms with E-state index in [-0.39, 0.29) is 28.4 Å². The summed E-state index contributed by atoms with van der Waals surface area (Å²) < 4.78 is 0. The summed E-state index contributed by atoms with van der Waals surface area (Å²) in [5.74, 6) is 0.119. The van der Waals surface area contributed by atoms with Crippen LogP contribution in [0.2, 0.25) is 0 Å². The fraction of sp³-hybridized carbons (Fsp3) is 0. The van der Waals surface area contributed by atoms with E-state index in [1.807, 2.05) is 17.5 Å². The van der Waals surface area contributed by atoms with Gasteiger partial charge in [0, 0.05) is 16.5 Å². The number of phenols is 2. The van der Waals surface area contributed by atoms with Gasteiger partial charge in [0.15, 0.2) is 0 Å². The Morgan fingerprint density at radius 2 is 1.45 bits per heavy atom. The Labute approximate surface area is 181 Å². The SMILES string of the molecule is O=c1[nH]c2scc(-c3ccc(-c4ccc(O)cc4)cc3O)c2c(O)c1-c1ccccc1. The van der Waals surface area contributed by atoms with E-state index in [1.54, 1.807) is 60.7 Å². The van der Waals surface area contributed by atoms with Crippen LogP contribution in [0.25, 0.3) is 43.6 Å². The standard InChI is InChI=1S/C25H17NO4S/c27-17-9-6-14(7-10-17)16-8-11-18(20(28)12-16)19-13-31-25-22(19)23(29)21(24(30)26-25)15-4-2-1-3-5-15/h1-13,27-28H,(H2,26,29,30). The second-order valence-corrected chi connectivity index (χ2v) is 8.06. The number of rotatable bonds is 3. The zero-order valence-corrected chi connectivity index (χ0v) is 17.0. The number of pyridine rings is 1. The summed E-state index contributed by atoms with van der Waals surface area (Å²) in [7, 11) is 0. The molecule has 6 heteroatoms. The average molecular weight is 427 g/mol. The van der Waals surface area contributed by atoms with Gasteiger partial charge in [-0.2, -0.15) is 0 Å².